The third-order valence-corrected chi connectivity index (χ3v) is 3.56. The van der Waals surface area contributed by atoms with E-state index in [1.807, 2.05) is 0 Å². The van der Waals surface area contributed by atoms with Crippen molar-refractivity contribution in [1.82, 2.24) is 9.55 Å². The lowest BCUT2D eigenvalue weighted by atomic mass is 10.3. The van der Waals surface area contributed by atoms with E-state index in [9.17, 15) is 14.2 Å². The molecule has 0 aromatic carbocycles. The van der Waals surface area contributed by atoms with Gasteiger partial charge in [0.15, 0.2) is 6.29 Å². The number of nitrogens with one attached hydrogen (secondary N) is 1. The molecule has 112 valence electrons. The molecule has 0 aliphatic carbocycles. The molecular weight excluding hydrogens is 291 g/mol. The van der Waals surface area contributed by atoms with Crippen LogP contribution in [0.5, 0.6) is 0 Å². The summed E-state index contributed by atoms with van der Waals surface area (Å²) in [5.74, 6) is 0. The molecule has 1 saturated heterocycles. The Labute approximate surface area is 113 Å². The standard InChI is InChI=1S/C10H15N2O7P/c1-6-2-12(10(14)11-9(6)13)3-7-4-18-8(19-7)5-20(15,16)17/h2,7-8H,3-5H2,1H3,(H,11,13,14)(H2,15,16,17)/t7-,8+/m0/s1. The minimum atomic E-state index is -4.21. The summed E-state index contributed by atoms with van der Waals surface area (Å²) in [5, 5.41) is 0. The van der Waals surface area contributed by atoms with E-state index >= 15 is 0 Å². The van der Waals surface area contributed by atoms with Crippen LogP contribution in [0.1, 0.15) is 5.56 Å². The Bertz CT molecular complexity index is 646. The lowest BCUT2D eigenvalue weighted by Crippen LogP contribution is -2.34. The summed E-state index contributed by atoms with van der Waals surface area (Å²) in [6, 6.07) is 0. The summed E-state index contributed by atoms with van der Waals surface area (Å²) in [5.41, 5.74) is -0.632. The fraction of sp³-hybridized carbons (Fsp3) is 0.600. The Hall–Kier alpha value is -1.25. The number of H-pyrrole nitrogens is 1. The highest BCUT2D eigenvalue weighted by atomic mass is 31.2. The van der Waals surface area contributed by atoms with Crippen LogP contribution < -0.4 is 11.2 Å². The first kappa shape index (κ1) is 15.1. The molecule has 9 nitrogen and oxygen atoms in total. The van der Waals surface area contributed by atoms with Crippen LogP contribution in [0.15, 0.2) is 15.8 Å². The zero-order valence-corrected chi connectivity index (χ0v) is 11.6. The summed E-state index contributed by atoms with van der Waals surface area (Å²) >= 11 is 0. The summed E-state index contributed by atoms with van der Waals surface area (Å²) in [4.78, 5) is 42.6. The number of aromatic nitrogens is 2. The molecule has 20 heavy (non-hydrogen) atoms. The van der Waals surface area contributed by atoms with E-state index in [1.165, 1.54) is 10.8 Å². The second-order valence-corrected chi connectivity index (χ2v) is 6.29. The highest BCUT2D eigenvalue weighted by Crippen LogP contribution is 2.37. The largest absolute Gasteiger partial charge is 0.349 e. The molecule has 1 aromatic heterocycles. The van der Waals surface area contributed by atoms with Crippen LogP contribution in [-0.2, 0) is 20.6 Å². The van der Waals surface area contributed by atoms with Gasteiger partial charge in [0.1, 0.15) is 12.3 Å². The second kappa shape index (κ2) is 5.63. The van der Waals surface area contributed by atoms with Crippen LogP contribution >= 0.6 is 7.60 Å². The third-order valence-electron chi connectivity index (χ3n) is 2.79. The summed E-state index contributed by atoms with van der Waals surface area (Å²) in [6.45, 7) is 1.82. The molecule has 0 unspecified atom stereocenters. The van der Waals surface area contributed by atoms with Crippen molar-refractivity contribution >= 4 is 7.60 Å². The van der Waals surface area contributed by atoms with Crippen LogP contribution in [0.25, 0.3) is 0 Å². The number of hydrogen-bond acceptors (Lipinski definition) is 5. The van der Waals surface area contributed by atoms with Crippen molar-refractivity contribution in [3.05, 3.63) is 32.6 Å². The molecule has 0 spiro atoms. The zero-order chi connectivity index (χ0) is 14.9. The number of nitrogens with zero attached hydrogens (tertiary/aromatic N) is 1. The average molecular weight is 306 g/mol. The molecule has 0 saturated carbocycles. The Kier molecular flexibility index (Phi) is 4.26. The first-order valence-corrected chi connectivity index (χ1v) is 7.66. The molecule has 3 N–H and O–H groups in total. The van der Waals surface area contributed by atoms with Gasteiger partial charge in [0, 0.05) is 11.8 Å². The summed E-state index contributed by atoms with van der Waals surface area (Å²) in [6.07, 6.45) is -0.612. The van der Waals surface area contributed by atoms with Gasteiger partial charge in [-0.25, -0.2) is 4.79 Å². The maximum absolute atomic E-state index is 11.6. The van der Waals surface area contributed by atoms with Gasteiger partial charge >= 0.3 is 13.3 Å². The number of rotatable bonds is 4. The smallest absolute Gasteiger partial charge is 0.330 e. The van der Waals surface area contributed by atoms with E-state index in [2.05, 4.69) is 4.98 Å². The van der Waals surface area contributed by atoms with Gasteiger partial charge < -0.3 is 19.3 Å². The Morgan fingerprint density at radius 2 is 2.20 bits per heavy atom. The van der Waals surface area contributed by atoms with Gasteiger partial charge in [-0.05, 0) is 6.92 Å². The SMILES string of the molecule is Cc1cn(C[C@H]2CO[C@@H](CP(=O)(O)O)O2)c(=O)[nH]c1=O. The van der Waals surface area contributed by atoms with Crippen molar-refractivity contribution in [2.75, 3.05) is 12.8 Å². The lowest BCUT2D eigenvalue weighted by Gasteiger charge is -2.13. The third kappa shape index (κ3) is 3.87. The van der Waals surface area contributed by atoms with Gasteiger partial charge in [0.05, 0.1) is 13.2 Å². The van der Waals surface area contributed by atoms with Crippen LogP contribution in [0.4, 0.5) is 0 Å². The van der Waals surface area contributed by atoms with Crippen LogP contribution in [-0.4, -0.2) is 44.5 Å². The molecule has 2 heterocycles. The quantitative estimate of drug-likeness (QED) is 0.593. The minimum absolute atomic E-state index is 0.120. The van der Waals surface area contributed by atoms with Gasteiger partial charge in [0.2, 0.25) is 0 Å². The van der Waals surface area contributed by atoms with Gasteiger partial charge in [0.25, 0.3) is 5.56 Å². The van der Waals surface area contributed by atoms with E-state index in [4.69, 9.17) is 19.3 Å². The second-order valence-electron chi connectivity index (χ2n) is 4.59. The maximum atomic E-state index is 11.6. The molecule has 0 radical (unpaired) electrons. The summed E-state index contributed by atoms with van der Waals surface area (Å²) in [7, 11) is -4.21. The van der Waals surface area contributed by atoms with E-state index in [-0.39, 0.29) is 13.2 Å². The van der Waals surface area contributed by atoms with Crippen molar-refractivity contribution in [1.29, 1.82) is 0 Å². The molecule has 0 amide bonds. The van der Waals surface area contributed by atoms with Crippen molar-refractivity contribution < 1.29 is 23.8 Å². The highest BCUT2D eigenvalue weighted by Gasteiger charge is 2.31. The first-order chi connectivity index (χ1) is 9.24. The lowest BCUT2D eigenvalue weighted by molar-refractivity contribution is -0.0445. The molecule has 0 bridgehead atoms. The topological polar surface area (TPSA) is 131 Å². The van der Waals surface area contributed by atoms with Gasteiger partial charge in [-0.15, -0.1) is 0 Å². The van der Waals surface area contributed by atoms with Gasteiger partial charge in [-0.3, -0.25) is 18.9 Å². The molecule has 1 fully saturated rings. The zero-order valence-electron chi connectivity index (χ0n) is 10.7. The van der Waals surface area contributed by atoms with E-state index in [1.54, 1.807) is 6.92 Å². The fourth-order valence-corrected chi connectivity index (χ4v) is 2.45. The van der Waals surface area contributed by atoms with Gasteiger partial charge in [-0.1, -0.05) is 0 Å². The maximum Gasteiger partial charge on any atom is 0.330 e. The summed E-state index contributed by atoms with van der Waals surface area (Å²) < 4.78 is 22.5. The molecule has 10 heteroatoms. The number of hydrogen-bond donors (Lipinski definition) is 3. The van der Waals surface area contributed by atoms with Crippen LogP contribution in [0.3, 0.4) is 0 Å². The van der Waals surface area contributed by atoms with Crippen LogP contribution in [0.2, 0.25) is 0 Å². The predicted octanol–water partition coefficient (Wildman–Crippen LogP) is -1.24. The molecule has 2 rings (SSSR count). The molecule has 1 aliphatic heterocycles. The number of aryl methyl sites for hydroxylation is 1. The Morgan fingerprint density at radius 1 is 1.50 bits per heavy atom. The van der Waals surface area contributed by atoms with Crippen molar-refractivity contribution in [3.63, 3.8) is 0 Å². The Balaban J connectivity index is 2.03. The highest BCUT2D eigenvalue weighted by molar-refractivity contribution is 7.51. The fourth-order valence-electron chi connectivity index (χ4n) is 1.87. The average Bonchev–Trinajstić information content (AvgIpc) is 2.71. The van der Waals surface area contributed by atoms with E-state index in [0.717, 1.165) is 0 Å². The van der Waals surface area contributed by atoms with Crippen molar-refractivity contribution in [2.24, 2.45) is 0 Å². The molecule has 1 aromatic rings. The first-order valence-electron chi connectivity index (χ1n) is 5.86. The van der Waals surface area contributed by atoms with Crippen molar-refractivity contribution in [2.45, 2.75) is 25.9 Å². The number of ether oxygens (including phenoxy) is 2. The van der Waals surface area contributed by atoms with Crippen LogP contribution in [0, 0.1) is 6.92 Å². The number of aromatic amines is 1. The Morgan fingerprint density at radius 3 is 2.85 bits per heavy atom. The molecule has 2 atom stereocenters. The van der Waals surface area contributed by atoms with Gasteiger partial charge in [-0.2, -0.15) is 0 Å². The monoisotopic (exact) mass is 306 g/mol. The molecule has 1 aliphatic rings. The van der Waals surface area contributed by atoms with E-state index < -0.39 is 37.4 Å². The predicted molar refractivity (Wildman–Crippen MR) is 67.6 cm³/mol. The molecular formula is C10H15N2O7P. The van der Waals surface area contributed by atoms with E-state index in [0.29, 0.717) is 5.56 Å². The van der Waals surface area contributed by atoms with Crippen molar-refractivity contribution in [3.8, 4) is 0 Å². The minimum Gasteiger partial charge on any atom is -0.349 e. The normalized spacial score (nSPS) is 23.1.